The van der Waals surface area contributed by atoms with Crippen LogP contribution in [-0.2, 0) is 16.1 Å². The largest absolute Gasteiger partial charge is 0.350 e. The third-order valence-corrected chi connectivity index (χ3v) is 3.30. The summed E-state index contributed by atoms with van der Waals surface area (Å²) in [5, 5.41) is 5.80. The third kappa shape index (κ3) is 6.19. The Morgan fingerprint density at radius 3 is 2.40 bits per heavy atom. The monoisotopic (exact) mass is 340 g/mol. The van der Waals surface area contributed by atoms with Crippen LogP contribution in [0.25, 0.3) is 0 Å². The molecular formula is C15H21BrN2O2. The van der Waals surface area contributed by atoms with Gasteiger partial charge in [-0.05, 0) is 17.9 Å². The van der Waals surface area contributed by atoms with Gasteiger partial charge < -0.3 is 10.6 Å². The van der Waals surface area contributed by atoms with Crippen molar-refractivity contribution in [3.63, 3.8) is 0 Å². The minimum atomic E-state index is -0.483. The van der Waals surface area contributed by atoms with Gasteiger partial charge in [0.1, 0.15) is 6.04 Å². The van der Waals surface area contributed by atoms with Crippen LogP contribution in [0.4, 0.5) is 0 Å². The van der Waals surface area contributed by atoms with Gasteiger partial charge in [0.15, 0.2) is 0 Å². The maximum Gasteiger partial charge on any atom is 0.242 e. The van der Waals surface area contributed by atoms with Gasteiger partial charge in [0.25, 0.3) is 0 Å². The van der Waals surface area contributed by atoms with Crippen LogP contribution in [0.15, 0.2) is 30.3 Å². The lowest BCUT2D eigenvalue weighted by atomic mass is 10.0. The van der Waals surface area contributed by atoms with Gasteiger partial charge in [-0.15, -0.1) is 0 Å². The number of benzene rings is 1. The highest BCUT2D eigenvalue weighted by atomic mass is 79.9. The average molecular weight is 341 g/mol. The molecule has 2 amide bonds. The fourth-order valence-corrected chi connectivity index (χ4v) is 2.01. The van der Waals surface area contributed by atoms with Crippen LogP contribution >= 0.6 is 15.9 Å². The highest BCUT2D eigenvalue weighted by Gasteiger charge is 2.21. The van der Waals surface area contributed by atoms with Crippen molar-refractivity contribution in [1.29, 1.82) is 0 Å². The zero-order chi connectivity index (χ0) is 15.0. The molecule has 0 aliphatic carbocycles. The van der Waals surface area contributed by atoms with E-state index in [1.807, 2.05) is 44.2 Å². The van der Waals surface area contributed by atoms with Crippen molar-refractivity contribution in [3.8, 4) is 0 Å². The van der Waals surface area contributed by atoms with Crippen LogP contribution in [0.2, 0.25) is 0 Å². The maximum absolute atomic E-state index is 12.2. The SMILES string of the molecule is CC(C)C[C@H](NC(=O)CBr)C(=O)NCc1ccccc1. The standard InChI is InChI=1S/C15H21BrN2O2/c1-11(2)8-13(18-14(19)9-16)15(20)17-10-12-6-4-3-5-7-12/h3-7,11,13H,8-10H2,1-2H3,(H,17,20)(H,18,19)/t13-/m0/s1. The molecule has 0 saturated carbocycles. The van der Waals surface area contributed by atoms with Crippen LogP contribution in [-0.4, -0.2) is 23.2 Å². The van der Waals surface area contributed by atoms with E-state index in [1.165, 1.54) is 0 Å². The van der Waals surface area contributed by atoms with Crippen molar-refractivity contribution in [1.82, 2.24) is 10.6 Å². The third-order valence-electron chi connectivity index (χ3n) is 2.79. The summed E-state index contributed by atoms with van der Waals surface area (Å²) in [5.74, 6) is 0.0143. The first-order chi connectivity index (χ1) is 9.52. The van der Waals surface area contributed by atoms with E-state index in [1.54, 1.807) is 0 Å². The highest BCUT2D eigenvalue weighted by molar-refractivity contribution is 9.09. The Labute approximate surface area is 128 Å². The number of carbonyl (C=O) groups excluding carboxylic acids is 2. The first-order valence-corrected chi connectivity index (χ1v) is 7.82. The molecule has 0 aliphatic heterocycles. The minimum Gasteiger partial charge on any atom is -0.350 e. The number of hydrogen-bond donors (Lipinski definition) is 2. The van der Waals surface area contributed by atoms with Crippen molar-refractivity contribution in [3.05, 3.63) is 35.9 Å². The van der Waals surface area contributed by atoms with Crippen molar-refractivity contribution in [2.24, 2.45) is 5.92 Å². The van der Waals surface area contributed by atoms with Crippen molar-refractivity contribution in [2.75, 3.05) is 5.33 Å². The van der Waals surface area contributed by atoms with E-state index < -0.39 is 6.04 Å². The molecule has 0 spiro atoms. The summed E-state index contributed by atoms with van der Waals surface area (Å²) in [6.07, 6.45) is 0.624. The lowest BCUT2D eigenvalue weighted by molar-refractivity contribution is -0.128. The van der Waals surface area contributed by atoms with Gasteiger partial charge in [-0.25, -0.2) is 0 Å². The zero-order valence-corrected chi connectivity index (χ0v) is 13.4. The normalized spacial score (nSPS) is 12.0. The molecule has 0 aromatic heterocycles. The van der Waals surface area contributed by atoms with Gasteiger partial charge in [0.05, 0.1) is 5.33 Å². The van der Waals surface area contributed by atoms with E-state index in [0.717, 1.165) is 5.56 Å². The molecule has 0 unspecified atom stereocenters. The van der Waals surface area contributed by atoms with Crippen molar-refractivity contribution < 1.29 is 9.59 Å². The van der Waals surface area contributed by atoms with Crippen molar-refractivity contribution in [2.45, 2.75) is 32.9 Å². The molecule has 4 nitrogen and oxygen atoms in total. The molecule has 0 radical (unpaired) electrons. The summed E-state index contributed by atoms with van der Waals surface area (Å²) >= 11 is 3.09. The second kappa shape index (κ2) is 8.74. The predicted molar refractivity (Wildman–Crippen MR) is 83.5 cm³/mol. The molecule has 1 aromatic rings. The number of halogens is 1. The van der Waals surface area contributed by atoms with Crippen LogP contribution in [0.1, 0.15) is 25.8 Å². The first-order valence-electron chi connectivity index (χ1n) is 6.70. The number of rotatable bonds is 7. The number of alkyl halides is 1. The lowest BCUT2D eigenvalue weighted by Crippen LogP contribution is -2.47. The fraction of sp³-hybridized carbons (Fsp3) is 0.467. The molecule has 2 N–H and O–H groups in total. The van der Waals surface area contributed by atoms with Gasteiger partial charge in [-0.1, -0.05) is 60.1 Å². The zero-order valence-electron chi connectivity index (χ0n) is 11.9. The van der Waals surface area contributed by atoms with E-state index in [9.17, 15) is 9.59 Å². The van der Waals surface area contributed by atoms with Gasteiger partial charge >= 0.3 is 0 Å². The molecular weight excluding hydrogens is 320 g/mol. The molecule has 0 fully saturated rings. The molecule has 20 heavy (non-hydrogen) atoms. The van der Waals surface area contributed by atoms with Gasteiger partial charge in [0.2, 0.25) is 11.8 Å². The fourth-order valence-electron chi connectivity index (χ4n) is 1.84. The smallest absolute Gasteiger partial charge is 0.242 e. The van der Waals surface area contributed by atoms with E-state index in [0.29, 0.717) is 18.9 Å². The summed E-state index contributed by atoms with van der Waals surface area (Å²) in [6, 6.07) is 9.22. The molecule has 1 rings (SSSR count). The average Bonchev–Trinajstić information content (AvgIpc) is 2.44. The second-order valence-corrected chi connectivity index (χ2v) is 5.65. The lowest BCUT2D eigenvalue weighted by Gasteiger charge is -2.19. The van der Waals surface area contributed by atoms with Gasteiger partial charge in [0, 0.05) is 6.54 Å². The topological polar surface area (TPSA) is 58.2 Å². The second-order valence-electron chi connectivity index (χ2n) is 5.09. The summed E-state index contributed by atoms with van der Waals surface area (Å²) in [4.78, 5) is 23.6. The van der Waals surface area contributed by atoms with Crippen molar-refractivity contribution >= 4 is 27.7 Å². The Bertz CT molecular complexity index is 435. The summed E-state index contributed by atoms with van der Waals surface area (Å²) in [7, 11) is 0. The van der Waals surface area contributed by atoms with Gasteiger partial charge in [-0.2, -0.15) is 0 Å². The Balaban J connectivity index is 2.56. The molecule has 0 saturated heterocycles. The van der Waals surface area contributed by atoms with E-state index in [4.69, 9.17) is 0 Å². The summed E-state index contributed by atoms with van der Waals surface area (Å²) in [6.45, 7) is 4.52. The predicted octanol–water partition coefficient (Wildman–Crippen LogP) is 2.23. The summed E-state index contributed by atoms with van der Waals surface area (Å²) in [5.41, 5.74) is 1.04. The van der Waals surface area contributed by atoms with E-state index in [-0.39, 0.29) is 17.1 Å². The quantitative estimate of drug-likeness (QED) is 0.748. The Kier molecular flexibility index (Phi) is 7.30. The van der Waals surface area contributed by atoms with E-state index >= 15 is 0 Å². The van der Waals surface area contributed by atoms with Crippen LogP contribution in [0, 0.1) is 5.92 Å². The molecule has 1 aromatic carbocycles. The molecule has 1 atom stereocenters. The molecule has 110 valence electrons. The molecule has 0 aliphatic rings. The van der Waals surface area contributed by atoms with E-state index in [2.05, 4.69) is 26.6 Å². The first kappa shape index (κ1) is 16.7. The maximum atomic E-state index is 12.2. The summed E-state index contributed by atoms with van der Waals surface area (Å²) < 4.78 is 0. The highest BCUT2D eigenvalue weighted by Crippen LogP contribution is 2.06. The minimum absolute atomic E-state index is 0.142. The Hall–Kier alpha value is -1.36. The molecule has 0 heterocycles. The van der Waals surface area contributed by atoms with Crippen LogP contribution in [0.3, 0.4) is 0 Å². The van der Waals surface area contributed by atoms with Crippen LogP contribution in [0.5, 0.6) is 0 Å². The molecule has 5 heteroatoms. The van der Waals surface area contributed by atoms with Gasteiger partial charge in [-0.3, -0.25) is 9.59 Å². The number of amides is 2. The number of nitrogens with one attached hydrogen (secondary N) is 2. The Morgan fingerprint density at radius 1 is 1.20 bits per heavy atom. The van der Waals surface area contributed by atoms with Crippen LogP contribution < -0.4 is 10.6 Å². The molecule has 0 bridgehead atoms. The number of hydrogen-bond acceptors (Lipinski definition) is 2. The Morgan fingerprint density at radius 2 is 1.85 bits per heavy atom. The number of carbonyl (C=O) groups is 2.